The molecule has 0 amide bonds. The second kappa shape index (κ2) is 3.74. The zero-order chi connectivity index (χ0) is 12.9. The van der Waals surface area contributed by atoms with Crippen LogP contribution >= 0.6 is 0 Å². The lowest BCUT2D eigenvalue weighted by Crippen LogP contribution is -1.89. The molecule has 0 saturated heterocycles. The van der Waals surface area contributed by atoms with Gasteiger partial charge in [-0.05, 0) is 59.7 Å². The molecule has 0 saturated carbocycles. The minimum Gasteiger partial charge on any atom is -0.507 e. The van der Waals surface area contributed by atoms with E-state index in [0.29, 0.717) is 5.75 Å². The molecule has 0 aliphatic carbocycles. The van der Waals surface area contributed by atoms with Crippen molar-refractivity contribution < 1.29 is 5.11 Å². The highest BCUT2D eigenvalue weighted by Gasteiger charge is 2.11. The van der Waals surface area contributed by atoms with E-state index in [1.54, 1.807) is 0 Å². The molecule has 0 fully saturated rings. The number of aryl methyl sites for hydroxylation is 2. The van der Waals surface area contributed by atoms with Crippen LogP contribution in [-0.2, 0) is 0 Å². The van der Waals surface area contributed by atoms with Gasteiger partial charge in [0.25, 0.3) is 0 Å². The average molecular weight is 236 g/mol. The zero-order valence-electron chi connectivity index (χ0n) is 10.9. The standard InChI is InChI=1S/C17H16O/c1-10-8-14-9-13-6-4-5-7-15(13)12(3)16(14)17(18)11(10)2/h4-9,18H,1-3H3. The molecular formula is C17H16O. The van der Waals surface area contributed by atoms with Crippen LogP contribution in [0.1, 0.15) is 16.7 Å². The molecule has 0 bridgehead atoms. The van der Waals surface area contributed by atoms with Gasteiger partial charge in [0, 0.05) is 5.39 Å². The summed E-state index contributed by atoms with van der Waals surface area (Å²) in [5, 5.41) is 14.9. The van der Waals surface area contributed by atoms with Crippen LogP contribution in [0.3, 0.4) is 0 Å². The van der Waals surface area contributed by atoms with E-state index in [-0.39, 0.29) is 0 Å². The van der Waals surface area contributed by atoms with Gasteiger partial charge in [-0.1, -0.05) is 30.3 Å². The summed E-state index contributed by atoms with van der Waals surface area (Å²) >= 11 is 0. The first kappa shape index (κ1) is 11.1. The number of phenolic OH excluding ortho intramolecular Hbond substituents is 1. The second-order valence-electron chi connectivity index (χ2n) is 4.99. The molecule has 1 nitrogen and oxygen atoms in total. The third kappa shape index (κ3) is 1.40. The molecule has 0 heterocycles. The van der Waals surface area contributed by atoms with E-state index in [4.69, 9.17) is 0 Å². The molecule has 0 aromatic heterocycles. The zero-order valence-corrected chi connectivity index (χ0v) is 10.9. The largest absolute Gasteiger partial charge is 0.507 e. The Labute approximate surface area is 107 Å². The fourth-order valence-electron chi connectivity index (χ4n) is 2.70. The van der Waals surface area contributed by atoms with Crippen LogP contribution in [0, 0.1) is 20.8 Å². The highest BCUT2D eigenvalue weighted by molar-refractivity contribution is 6.05. The van der Waals surface area contributed by atoms with E-state index in [1.165, 1.54) is 10.8 Å². The first-order chi connectivity index (χ1) is 8.59. The van der Waals surface area contributed by atoms with Crippen molar-refractivity contribution in [3.8, 4) is 5.75 Å². The van der Waals surface area contributed by atoms with Crippen LogP contribution in [0.25, 0.3) is 21.5 Å². The van der Waals surface area contributed by atoms with E-state index in [1.807, 2.05) is 19.9 Å². The van der Waals surface area contributed by atoms with Crippen molar-refractivity contribution in [2.24, 2.45) is 0 Å². The smallest absolute Gasteiger partial charge is 0.126 e. The third-order valence-electron chi connectivity index (χ3n) is 3.89. The summed E-state index contributed by atoms with van der Waals surface area (Å²) in [6, 6.07) is 12.6. The molecular weight excluding hydrogens is 220 g/mol. The van der Waals surface area contributed by atoms with Crippen LogP contribution in [-0.4, -0.2) is 5.11 Å². The average Bonchev–Trinajstić information content (AvgIpc) is 2.36. The van der Waals surface area contributed by atoms with Gasteiger partial charge in [-0.25, -0.2) is 0 Å². The molecule has 3 aromatic rings. The van der Waals surface area contributed by atoms with Crippen molar-refractivity contribution in [2.45, 2.75) is 20.8 Å². The molecule has 1 N–H and O–H groups in total. The molecule has 0 aliphatic rings. The van der Waals surface area contributed by atoms with E-state index in [9.17, 15) is 5.11 Å². The van der Waals surface area contributed by atoms with E-state index in [0.717, 1.165) is 27.5 Å². The van der Waals surface area contributed by atoms with Crippen LogP contribution in [0.2, 0.25) is 0 Å². The molecule has 3 rings (SSSR count). The topological polar surface area (TPSA) is 20.2 Å². The molecule has 0 spiro atoms. The number of hydrogen-bond acceptors (Lipinski definition) is 1. The maximum Gasteiger partial charge on any atom is 0.126 e. The predicted octanol–water partition coefficient (Wildman–Crippen LogP) is 4.62. The minimum atomic E-state index is 0.424. The van der Waals surface area contributed by atoms with Crippen molar-refractivity contribution in [3.05, 3.63) is 53.1 Å². The van der Waals surface area contributed by atoms with Gasteiger partial charge in [0.15, 0.2) is 0 Å². The van der Waals surface area contributed by atoms with Crippen molar-refractivity contribution in [1.29, 1.82) is 0 Å². The number of rotatable bonds is 0. The normalized spacial score (nSPS) is 11.3. The molecule has 0 unspecified atom stereocenters. The van der Waals surface area contributed by atoms with Gasteiger partial charge in [-0.3, -0.25) is 0 Å². The lowest BCUT2D eigenvalue weighted by atomic mass is 9.93. The summed E-state index contributed by atoms with van der Waals surface area (Å²) in [6.45, 7) is 6.09. The Hall–Kier alpha value is -2.02. The molecule has 18 heavy (non-hydrogen) atoms. The summed E-state index contributed by atoms with van der Waals surface area (Å²) in [5.41, 5.74) is 3.26. The number of hydrogen-bond donors (Lipinski definition) is 1. The molecule has 0 radical (unpaired) electrons. The van der Waals surface area contributed by atoms with Crippen LogP contribution in [0.5, 0.6) is 5.75 Å². The summed E-state index contributed by atoms with van der Waals surface area (Å²) in [5.74, 6) is 0.424. The van der Waals surface area contributed by atoms with Crippen molar-refractivity contribution >= 4 is 21.5 Å². The maximum absolute atomic E-state index is 10.4. The number of fused-ring (bicyclic) bond motifs is 2. The summed E-state index contributed by atoms with van der Waals surface area (Å²) in [4.78, 5) is 0. The van der Waals surface area contributed by atoms with E-state index < -0.39 is 0 Å². The van der Waals surface area contributed by atoms with E-state index in [2.05, 4.69) is 37.3 Å². The molecule has 0 aliphatic heterocycles. The fourth-order valence-corrected chi connectivity index (χ4v) is 2.70. The van der Waals surface area contributed by atoms with Crippen molar-refractivity contribution in [3.63, 3.8) is 0 Å². The Bertz CT molecular complexity index is 770. The van der Waals surface area contributed by atoms with Gasteiger partial charge in [-0.2, -0.15) is 0 Å². The monoisotopic (exact) mass is 236 g/mol. The van der Waals surface area contributed by atoms with Crippen LogP contribution in [0.4, 0.5) is 0 Å². The highest BCUT2D eigenvalue weighted by Crippen LogP contribution is 2.36. The highest BCUT2D eigenvalue weighted by atomic mass is 16.3. The number of aromatic hydroxyl groups is 1. The van der Waals surface area contributed by atoms with E-state index >= 15 is 0 Å². The van der Waals surface area contributed by atoms with Crippen molar-refractivity contribution in [1.82, 2.24) is 0 Å². The van der Waals surface area contributed by atoms with Crippen molar-refractivity contribution in [2.75, 3.05) is 0 Å². The van der Waals surface area contributed by atoms with Gasteiger partial charge in [0.05, 0.1) is 0 Å². The first-order valence-electron chi connectivity index (χ1n) is 6.21. The quantitative estimate of drug-likeness (QED) is 0.564. The van der Waals surface area contributed by atoms with Gasteiger partial charge >= 0.3 is 0 Å². The Morgan fingerprint density at radius 1 is 0.833 bits per heavy atom. The lowest BCUT2D eigenvalue weighted by Gasteiger charge is -2.13. The second-order valence-corrected chi connectivity index (χ2v) is 4.99. The third-order valence-corrected chi connectivity index (χ3v) is 3.89. The SMILES string of the molecule is Cc1cc2cc3ccccc3c(C)c2c(O)c1C. The Kier molecular flexibility index (Phi) is 2.30. The Morgan fingerprint density at radius 3 is 2.33 bits per heavy atom. The van der Waals surface area contributed by atoms with Gasteiger partial charge in [-0.15, -0.1) is 0 Å². The van der Waals surface area contributed by atoms with Crippen LogP contribution < -0.4 is 0 Å². The summed E-state index contributed by atoms with van der Waals surface area (Å²) in [6.07, 6.45) is 0. The molecule has 0 atom stereocenters. The van der Waals surface area contributed by atoms with Crippen LogP contribution in [0.15, 0.2) is 36.4 Å². The molecule has 3 aromatic carbocycles. The maximum atomic E-state index is 10.4. The summed E-state index contributed by atoms with van der Waals surface area (Å²) < 4.78 is 0. The van der Waals surface area contributed by atoms with Gasteiger partial charge in [0.2, 0.25) is 0 Å². The summed E-state index contributed by atoms with van der Waals surface area (Å²) in [7, 11) is 0. The molecule has 90 valence electrons. The van der Waals surface area contributed by atoms with Gasteiger partial charge in [0.1, 0.15) is 5.75 Å². The minimum absolute atomic E-state index is 0.424. The lowest BCUT2D eigenvalue weighted by molar-refractivity contribution is 0.477. The molecule has 1 heteroatoms. The predicted molar refractivity (Wildman–Crippen MR) is 77.3 cm³/mol. The Balaban J connectivity index is 2.61. The first-order valence-corrected chi connectivity index (χ1v) is 6.21. The number of phenols is 1. The Morgan fingerprint density at radius 2 is 1.56 bits per heavy atom. The fraction of sp³-hybridized carbons (Fsp3) is 0.176. The number of benzene rings is 3. The van der Waals surface area contributed by atoms with Gasteiger partial charge < -0.3 is 5.11 Å².